The number of aromatic nitrogens is 3. The molecule has 8 heteroatoms. The molecule has 0 unspecified atom stereocenters. The van der Waals surface area contributed by atoms with Crippen LogP contribution in [0.3, 0.4) is 0 Å². The molecule has 0 spiro atoms. The van der Waals surface area contributed by atoms with Crippen LogP contribution in [-0.2, 0) is 6.18 Å². The van der Waals surface area contributed by atoms with Crippen molar-refractivity contribution in [1.82, 2.24) is 15.0 Å². The van der Waals surface area contributed by atoms with Crippen LogP contribution in [0.25, 0.3) is 0 Å². The molecule has 21 heavy (non-hydrogen) atoms. The summed E-state index contributed by atoms with van der Waals surface area (Å²) >= 11 is 4.55. The zero-order valence-corrected chi connectivity index (χ0v) is 13.0. The lowest BCUT2D eigenvalue weighted by molar-refractivity contribution is -0.137. The summed E-state index contributed by atoms with van der Waals surface area (Å²) in [6.45, 7) is 0. The Morgan fingerprint density at radius 1 is 1.14 bits per heavy atom. The Kier molecular flexibility index (Phi) is 3.92. The summed E-state index contributed by atoms with van der Waals surface area (Å²) in [6.07, 6.45) is -1.37. The van der Waals surface area contributed by atoms with E-state index in [9.17, 15) is 13.2 Å². The molecule has 1 saturated carbocycles. The first kappa shape index (κ1) is 14.8. The molecule has 2 aromatic rings. The predicted molar refractivity (Wildman–Crippen MR) is 75.1 cm³/mol. The van der Waals surface area contributed by atoms with Gasteiger partial charge in [-0.25, -0.2) is 15.0 Å². The summed E-state index contributed by atoms with van der Waals surface area (Å²) in [7, 11) is 0. The van der Waals surface area contributed by atoms with Gasteiger partial charge >= 0.3 is 6.18 Å². The van der Waals surface area contributed by atoms with Crippen molar-refractivity contribution in [2.45, 2.75) is 35.0 Å². The van der Waals surface area contributed by atoms with Gasteiger partial charge in [-0.15, -0.1) is 0 Å². The molecule has 0 aliphatic heterocycles. The number of hydrogen-bond donors (Lipinski definition) is 0. The minimum atomic E-state index is -4.37. The number of rotatable bonds is 3. The van der Waals surface area contributed by atoms with Crippen molar-refractivity contribution in [2.24, 2.45) is 0 Å². The standard InChI is InChI=1S/C13H9BrF3N3S/c14-9-5-11(20-12(19-9)7-1-2-7)21-10-4-3-8(6-18-10)13(15,16)17/h3-7H,1-2H2. The summed E-state index contributed by atoms with van der Waals surface area (Å²) in [5, 5.41) is 1.14. The Hall–Kier alpha value is -1.15. The van der Waals surface area contributed by atoms with Gasteiger partial charge in [0, 0.05) is 18.2 Å². The molecule has 2 aromatic heterocycles. The van der Waals surface area contributed by atoms with Crippen molar-refractivity contribution in [3.8, 4) is 0 Å². The van der Waals surface area contributed by atoms with Crippen molar-refractivity contribution in [3.05, 3.63) is 40.4 Å². The van der Waals surface area contributed by atoms with E-state index in [1.165, 1.54) is 17.8 Å². The smallest absolute Gasteiger partial charge is 0.249 e. The van der Waals surface area contributed by atoms with Crippen molar-refractivity contribution in [3.63, 3.8) is 0 Å². The van der Waals surface area contributed by atoms with E-state index in [1.807, 2.05) is 0 Å². The van der Waals surface area contributed by atoms with Crippen LogP contribution < -0.4 is 0 Å². The summed E-state index contributed by atoms with van der Waals surface area (Å²) in [4.78, 5) is 12.6. The lowest BCUT2D eigenvalue weighted by atomic mass is 10.3. The Morgan fingerprint density at radius 3 is 2.48 bits per heavy atom. The highest BCUT2D eigenvalue weighted by molar-refractivity contribution is 9.10. The molecule has 3 nitrogen and oxygen atoms in total. The molecule has 0 bridgehead atoms. The fraction of sp³-hybridized carbons (Fsp3) is 0.308. The second kappa shape index (κ2) is 5.57. The van der Waals surface area contributed by atoms with E-state index in [4.69, 9.17) is 0 Å². The van der Waals surface area contributed by atoms with Gasteiger partial charge in [0.1, 0.15) is 20.5 Å². The van der Waals surface area contributed by atoms with E-state index >= 15 is 0 Å². The van der Waals surface area contributed by atoms with Crippen LogP contribution in [-0.4, -0.2) is 15.0 Å². The first-order valence-electron chi connectivity index (χ1n) is 6.17. The molecular formula is C13H9BrF3N3S. The van der Waals surface area contributed by atoms with E-state index in [0.717, 1.165) is 30.9 Å². The molecule has 0 amide bonds. The molecule has 1 aliphatic carbocycles. The Morgan fingerprint density at radius 2 is 1.90 bits per heavy atom. The van der Waals surface area contributed by atoms with Gasteiger partial charge < -0.3 is 0 Å². The minimum Gasteiger partial charge on any atom is -0.249 e. The monoisotopic (exact) mass is 375 g/mol. The fourth-order valence-corrected chi connectivity index (χ4v) is 3.02. The van der Waals surface area contributed by atoms with Crippen molar-refractivity contribution in [2.75, 3.05) is 0 Å². The number of hydrogen-bond acceptors (Lipinski definition) is 4. The fourth-order valence-electron chi connectivity index (χ4n) is 1.71. The van der Waals surface area contributed by atoms with Gasteiger partial charge in [-0.3, -0.25) is 0 Å². The summed E-state index contributed by atoms with van der Waals surface area (Å²) in [6, 6.07) is 4.10. The van der Waals surface area contributed by atoms with Gasteiger partial charge in [0.15, 0.2) is 0 Å². The normalized spacial score (nSPS) is 15.2. The Balaban J connectivity index is 1.80. The third-order valence-electron chi connectivity index (χ3n) is 2.90. The van der Waals surface area contributed by atoms with Crippen LogP contribution in [0, 0.1) is 0 Å². The zero-order chi connectivity index (χ0) is 15.0. The van der Waals surface area contributed by atoms with Crippen LogP contribution in [0.15, 0.2) is 39.1 Å². The summed E-state index contributed by atoms with van der Waals surface area (Å²) in [5.74, 6) is 1.18. The second-order valence-electron chi connectivity index (χ2n) is 4.65. The highest BCUT2D eigenvalue weighted by Crippen LogP contribution is 2.39. The van der Waals surface area contributed by atoms with Crippen LogP contribution in [0.2, 0.25) is 0 Å². The average molecular weight is 376 g/mol. The average Bonchev–Trinajstić information content (AvgIpc) is 3.21. The molecule has 1 aliphatic rings. The molecule has 0 aromatic carbocycles. The van der Waals surface area contributed by atoms with Crippen LogP contribution in [0.5, 0.6) is 0 Å². The largest absolute Gasteiger partial charge is 0.417 e. The third kappa shape index (κ3) is 3.74. The molecule has 2 heterocycles. The molecule has 0 atom stereocenters. The maximum atomic E-state index is 12.5. The quantitative estimate of drug-likeness (QED) is 0.730. The van der Waals surface area contributed by atoms with Crippen LogP contribution >= 0.6 is 27.7 Å². The maximum Gasteiger partial charge on any atom is 0.417 e. The second-order valence-corrected chi connectivity index (χ2v) is 6.50. The molecule has 3 rings (SSSR count). The van der Waals surface area contributed by atoms with E-state index in [-0.39, 0.29) is 0 Å². The zero-order valence-electron chi connectivity index (χ0n) is 10.6. The number of alkyl halides is 3. The van der Waals surface area contributed by atoms with E-state index in [1.54, 1.807) is 6.07 Å². The SMILES string of the molecule is FC(F)(F)c1ccc(Sc2cc(Br)nc(C3CC3)n2)nc1. The van der Waals surface area contributed by atoms with Gasteiger partial charge in [0.2, 0.25) is 0 Å². The third-order valence-corrected chi connectivity index (χ3v) is 4.18. The lowest BCUT2D eigenvalue weighted by Gasteiger charge is -2.07. The first-order chi connectivity index (χ1) is 9.91. The van der Waals surface area contributed by atoms with Gasteiger partial charge in [-0.2, -0.15) is 13.2 Å². The highest BCUT2D eigenvalue weighted by Gasteiger charge is 2.31. The van der Waals surface area contributed by atoms with Gasteiger partial charge in [-0.1, -0.05) is 0 Å². The predicted octanol–water partition coefficient (Wildman–Crippen LogP) is 4.68. The maximum absolute atomic E-state index is 12.5. The Labute approximate surface area is 131 Å². The van der Waals surface area contributed by atoms with Crippen molar-refractivity contribution >= 4 is 27.7 Å². The highest BCUT2D eigenvalue weighted by atomic mass is 79.9. The van der Waals surface area contributed by atoms with Gasteiger partial charge in [-0.05, 0) is 52.7 Å². The van der Waals surface area contributed by atoms with Crippen molar-refractivity contribution < 1.29 is 13.2 Å². The van der Waals surface area contributed by atoms with Crippen molar-refractivity contribution in [1.29, 1.82) is 0 Å². The minimum absolute atomic E-state index is 0.405. The molecular weight excluding hydrogens is 367 g/mol. The molecule has 1 fully saturated rings. The van der Waals surface area contributed by atoms with Crippen LogP contribution in [0.1, 0.15) is 30.1 Å². The molecule has 0 saturated heterocycles. The summed E-state index contributed by atoms with van der Waals surface area (Å²) in [5.41, 5.74) is -0.755. The number of pyridine rings is 1. The topological polar surface area (TPSA) is 38.7 Å². The summed E-state index contributed by atoms with van der Waals surface area (Å²) < 4.78 is 38.1. The lowest BCUT2D eigenvalue weighted by Crippen LogP contribution is -2.05. The number of halogens is 4. The first-order valence-corrected chi connectivity index (χ1v) is 7.78. The Bertz CT molecular complexity index is 657. The van der Waals surface area contributed by atoms with E-state index in [2.05, 4.69) is 30.9 Å². The van der Waals surface area contributed by atoms with Gasteiger partial charge in [0.05, 0.1) is 5.56 Å². The van der Waals surface area contributed by atoms with Gasteiger partial charge in [0.25, 0.3) is 0 Å². The molecule has 0 radical (unpaired) electrons. The van der Waals surface area contributed by atoms with Crippen LogP contribution in [0.4, 0.5) is 13.2 Å². The van der Waals surface area contributed by atoms with E-state index < -0.39 is 11.7 Å². The molecule has 110 valence electrons. The molecule has 0 N–H and O–H groups in total. The number of nitrogens with zero attached hydrogens (tertiary/aromatic N) is 3. The van der Waals surface area contributed by atoms with E-state index in [0.29, 0.717) is 20.6 Å².